The number of aliphatic carboxylic acids is 3. The second-order valence-electron chi connectivity index (χ2n) is 2.38. The Morgan fingerprint density at radius 2 is 1.11 bits per heavy atom. The molecule has 0 aromatic rings. The molecule has 0 aromatic heterocycles. The fourth-order valence-corrected chi connectivity index (χ4v) is 0.317. The maximum absolute atomic E-state index is 9.97. The van der Waals surface area contributed by atoms with E-state index >= 15 is 0 Å². The van der Waals surface area contributed by atoms with Gasteiger partial charge >= 0.3 is 17.9 Å². The SMILES string of the molecule is O=C(O)COCC(=O)S.O=C(O)CS.O=C(O)CS. The van der Waals surface area contributed by atoms with Crippen LogP contribution in [0.2, 0.25) is 0 Å². The number of carbonyl (C=O) groups is 4. The first-order chi connectivity index (χ1) is 8.67. The smallest absolute Gasteiger partial charge is 0.329 e. The Balaban J connectivity index is -0.000000219. The molecule has 8 nitrogen and oxygen atoms in total. The number of thiol groups is 3. The molecule has 0 fully saturated rings. The molecule has 0 rings (SSSR count). The normalized spacial score (nSPS) is 8.16. The van der Waals surface area contributed by atoms with Crippen molar-refractivity contribution in [3.63, 3.8) is 0 Å². The van der Waals surface area contributed by atoms with E-state index in [1.165, 1.54) is 0 Å². The summed E-state index contributed by atoms with van der Waals surface area (Å²) in [5, 5.41) is 22.8. The highest BCUT2D eigenvalue weighted by atomic mass is 32.1. The second-order valence-corrected chi connectivity index (χ2v) is 3.52. The van der Waals surface area contributed by atoms with Gasteiger partial charge in [-0.25, -0.2) is 4.79 Å². The van der Waals surface area contributed by atoms with E-state index in [9.17, 15) is 19.2 Å². The van der Waals surface area contributed by atoms with Gasteiger partial charge in [-0.15, -0.1) is 12.6 Å². The number of carboxylic acid groups (broad SMARTS) is 3. The summed E-state index contributed by atoms with van der Waals surface area (Å²) in [7, 11) is 0. The Bertz CT molecular complexity index is 266. The predicted octanol–water partition coefficient (Wildman–Crippen LogP) is -0.454. The zero-order chi connectivity index (χ0) is 15.8. The first kappa shape index (κ1) is 23.2. The third kappa shape index (κ3) is 47.1. The molecule has 0 aromatic carbocycles. The molecule has 0 saturated carbocycles. The van der Waals surface area contributed by atoms with Crippen molar-refractivity contribution in [1.82, 2.24) is 0 Å². The van der Waals surface area contributed by atoms with Crippen LogP contribution in [-0.2, 0) is 23.9 Å². The van der Waals surface area contributed by atoms with E-state index in [0.29, 0.717) is 0 Å². The molecular formula is C8H14O8S3. The van der Waals surface area contributed by atoms with Crippen molar-refractivity contribution in [1.29, 1.82) is 0 Å². The maximum atomic E-state index is 9.97. The van der Waals surface area contributed by atoms with E-state index in [1.807, 2.05) is 0 Å². The van der Waals surface area contributed by atoms with Gasteiger partial charge in [0, 0.05) is 0 Å². The number of carboxylic acids is 3. The predicted molar refractivity (Wildman–Crippen MR) is 75.4 cm³/mol. The van der Waals surface area contributed by atoms with E-state index in [2.05, 4.69) is 42.6 Å². The van der Waals surface area contributed by atoms with Gasteiger partial charge in [0.05, 0.1) is 11.5 Å². The van der Waals surface area contributed by atoms with Crippen LogP contribution in [0.5, 0.6) is 0 Å². The van der Waals surface area contributed by atoms with Crippen LogP contribution in [0.3, 0.4) is 0 Å². The summed E-state index contributed by atoms with van der Waals surface area (Å²) in [6.45, 7) is -0.707. The van der Waals surface area contributed by atoms with Gasteiger partial charge in [0.2, 0.25) is 5.12 Å². The lowest BCUT2D eigenvalue weighted by Gasteiger charge is -1.93. The van der Waals surface area contributed by atoms with Crippen molar-refractivity contribution < 1.29 is 39.2 Å². The molecule has 3 N–H and O–H groups in total. The Morgan fingerprint density at radius 3 is 1.26 bits per heavy atom. The molecular weight excluding hydrogens is 320 g/mol. The molecule has 0 aliphatic heterocycles. The van der Waals surface area contributed by atoms with E-state index in [1.54, 1.807) is 0 Å². The summed E-state index contributed by atoms with van der Waals surface area (Å²) >= 11 is 10.2. The lowest BCUT2D eigenvalue weighted by molar-refractivity contribution is -0.142. The fourth-order valence-electron chi connectivity index (χ4n) is 0.226. The molecule has 112 valence electrons. The highest BCUT2D eigenvalue weighted by Crippen LogP contribution is 1.80. The van der Waals surface area contributed by atoms with Gasteiger partial charge in [-0.3, -0.25) is 14.4 Å². The third-order valence-electron chi connectivity index (χ3n) is 0.722. The van der Waals surface area contributed by atoms with Crippen LogP contribution >= 0.6 is 37.9 Å². The monoisotopic (exact) mass is 334 g/mol. The van der Waals surface area contributed by atoms with Crippen molar-refractivity contribution in [2.75, 3.05) is 24.7 Å². The Kier molecular flexibility index (Phi) is 20.9. The van der Waals surface area contributed by atoms with E-state index < -0.39 is 29.6 Å². The van der Waals surface area contributed by atoms with Gasteiger partial charge < -0.3 is 20.1 Å². The van der Waals surface area contributed by atoms with Crippen LogP contribution in [0, 0.1) is 0 Å². The topological polar surface area (TPSA) is 138 Å². The molecule has 0 aliphatic rings. The highest BCUT2D eigenvalue weighted by molar-refractivity contribution is 7.96. The average Bonchev–Trinajstić information content (AvgIpc) is 2.29. The van der Waals surface area contributed by atoms with Crippen LogP contribution in [0.25, 0.3) is 0 Å². The van der Waals surface area contributed by atoms with Crippen LogP contribution in [-0.4, -0.2) is 63.1 Å². The number of rotatable bonds is 6. The molecule has 0 aliphatic carbocycles. The Hall–Kier alpha value is -0.910. The van der Waals surface area contributed by atoms with E-state index in [4.69, 9.17) is 15.3 Å². The molecule has 0 amide bonds. The summed E-state index contributed by atoms with van der Waals surface area (Å²) in [5.41, 5.74) is 0. The molecule has 0 atom stereocenters. The summed E-state index contributed by atoms with van der Waals surface area (Å²) in [5.74, 6) is -3.02. The zero-order valence-corrected chi connectivity index (χ0v) is 12.2. The summed E-state index contributed by atoms with van der Waals surface area (Å²) < 4.78 is 4.33. The van der Waals surface area contributed by atoms with Crippen LogP contribution in [0.4, 0.5) is 0 Å². The van der Waals surface area contributed by atoms with Gasteiger partial charge in [0.15, 0.2) is 0 Å². The lowest BCUT2D eigenvalue weighted by atomic mass is 10.7. The first-order valence-corrected chi connectivity index (χ1v) is 6.05. The number of hydrogen-bond acceptors (Lipinski definition) is 7. The minimum atomic E-state index is -1.09. The molecule has 0 bridgehead atoms. The molecule has 0 saturated heterocycles. The van der Waals surface area contributed by atoms with Crippen molar-refractivity contribution in [2.24, 2.45) is 0 Å². The second kappa shape index (κ2) is 17.1. The van der Waals surface area contributed by atoms with Crippen molar-refractivity contribution in [2.45, 2.75) is 0 Å². The average molecular weight is 334 g/mol. The number of ether oxygens (including phenoxy) is 1. The van der Waals surface area contributed by atoms with Gasteiger partial charge in [-0.2, -0.15) is 25.3 Å². The lowest BCUT2D eigenvalue weighted by Crippen LogP contribution is -2.10. The third-order valence-corrected chi connectivity index (χ3v) is 1.39. The van der Waals surface area contributed by atoms with Gasteiger partial charge in [-0.05, 0) is 0 Å². The molecule has 19 heavy (non-hydrogen) atoms. The Morgan fingerprint density at radius 1 is 0.789 bits per heavy atom. The highest BCUT2D eigenvalue weighted by Gasteiger charge is 1.97. The Labute approximate surface area is 125 Å². The molecule has 0 radical (unpaired) electrons. The number of hydrogen-bond donors (Lipinski definition) is 6. The van der Waals surface area contributed by atoms with Crippen LogP contribution in [0.15, 0.2) is 0 Å². The first-order valence-electron chi connectivity index (χ1n) is 4.33. The van der Waals surface area contributed by atoms with Crippen LogP contribution < -0.4 is 0 Å². The van der Waals surface area contributed by atoms with Crippen molar-refractivity contribution in [3.05, 3.63) is 0 Å². The molecule has 11 heteroatoms. The van der Waals surface area contributed by atoms with E-state index in [-0.39, 0.29) is 18.1 Å². The van der Waals surface area contributed by atoms with Crippen LogP contribution in [0.1, 0.15) is 0 Å². The number of carbonyl (C=O) groups excluding carboxylic acids is 1. The van der Waals surface area contributed by atoms with E-state index in [0.717, 1.165) is 0 Å². The largest absolute Gasteiger partial charge is 0.481 e. The molecule has 0 unspecified atom stereocenters. The maximum Gasteiger partial charge on any atom is 0.329 e. The fraction of sp³-hybridized carbons (Fsp3) is 0.500. The van der Waals surface area contributed by atoms with Crippen molar-refractivity contribution in [3.8, 4) is 0 Å². The zero-order valence-electron chi connectivity index (χ0n) is 9.55. The summed E-state index contributed by atoms with van der Waals surface area (Å²) in [4.78, 5) is 38.3. The molecule has 0 heterocycles. The van der Waals surface area contributed by atoms with Gasteiger partial charge in [0.1, 0.15) is 13.2 Å². The quantitative estimate of drug-likeness (QED) is 0.359. The summed E-state index contributed by atoms with van der Waals surface area (Å²) in [6, 6.07) is 0. The van der Waals surface area contributed by atoms with Crippen molar-refractivity contribution >= 4 is 60.9 Å². The molecule has 0 spiro atoms. The van der Waals surface area contributed by atoms with Gasteiger partial charge in [0.25, 0.3) is 0 Å². The standard InChI is InChI=1S/C4H6O4S.2C2H4O2S/c5-3(6)1-8-2-4(7)9;2*3-2(4)1-5/h1-2H2,(H,5,6)(H,7,9);2*5H,1H2,(H,3,4). The van der Waals surface area contributed by atoms with Gasteiger partial charge in [-0.1, -0.05) is 0 Å². The minimum Gasteiger partial charge on any atom is -0.481 e. The summed E-state index contributed by atoms with van der Waals surface area (Å²) in [6.07, 6.45) is 0. The minimum absolute atomic E-state index is 0.0833.